The smallest absolute Gasteiger partial charge is 0.259 e. The Labute approximate surface area is 140 Å². The molecule has 0 saturated heterocycles. The van der Waals surface area contributed by atoms with Gasteiger partial charge in [-0.05, 0) is 6.07 Å². The van der Waals surface area contributed by atoms with Crippen molar-refractivity contribution in [2.45, 2.75) is 0 Å². The maximum Gasteiger partial charge on any atom is 0.259 e. The van der Waals surface area contributed by atoms with Crippen LogP contribution < -0.4 is 20.5 Å². The zero-order valence-electron chi connectivity index (χ0n) is 13.0. The molecular formula is C14H21ClN2O6. The van der Waals surface area contributed by atoms with Gasteiger partial charge in [0.2, 0.25) is 6.41 Å². The third-order valence-corrected chi connectivity index (χ3v) is 2.64. The molecule has 23 heavy (non-hydrogen) atoms. The summed E-state index contributed by atoms with van der Waals surface area (Å²) in [5.74, 6) is 0.0965. The molecule has 8 nitrogen and oxygen atoms in total. The average Bonchev–Trinajstić information content (AvgIpc) is 2.49. The van der Waals surface area contributed by atoms with E-state index >= 15 is 0 Å². The lowest BCUT2D eigenvalue weighted by Crippen LogP contribution is -2.22. The van der Waals surface area contributed by atoms with Gasteiger partial charge in [-0.2, -0.15) is 0 Å². The number of nitrogens with one attached hydrogen (secondary N) is 1. The van der Waals surface area contributed by atoms with Crippen LogP contribution in [0.4, 0.5) is 5.69 Å². The maximum absolute atomic E-state index is 11.8. The van der Waals surface area contributed by atoms with Crippen molar-refractivity contribution in [3.8, 4) is 11.5 Å². The second-order valence-corrected chi connectivity index (χ2v) is 4.16. The monoisotopic (exact) mass is 348 g/mol. The van der Waals surface area contributed by atoms with Gasteiger partial charge in [-0.1, -0.05) is 0 Å². The van der Waals surface area contributed by atoms with Crippen molar-refractivity contribution in [2.75, 3.05) is 46.4 Å². The zero-order chi connectivity index (χ0) is 16.4. The summed E-state index contributed by atoms with van der Waals surface area (Å²) in [6.45, 7) is 1.34. The molecule has 0 unspecified atom stereocenters. The van der Waals surface area contributed by atoms with E-state index in [1.165, 1.54) is 12.1 Å². The van der Waals surface area contributed by atoms with Gasteiger partial charge >= 0.3 is 0 Å². The van der Waals surface area contributed by atoms with Crippen molar-refractivity contribution in [2.24, 2.45) is 0 Å². The molecule has 0 fully saturated rings. The number of amides is 2. The summed E-state index contributed by atoms with van der Waals surface area (Å²) in [5, 5.41) is 2.03. The number of nitrogen functional groups attached to an aromatic ring is 1. The van der Waals surface area contributed by atoms with Crippen molar-refractivity contribution in [3.63, 3.8) is 0 Å². The van der Waals surface area contributed by atoms with Gasteiger partial charge in [0.25, 0.3) is 5.91 Å². The molecule has 1 rings (SSSR count). The highest BCUT2D eigenvalue weighted by molar-refractivity contribution is 6.04. The van der Waals surface area contributed by atoms with Crippen molar-refractivity contribution >= 4 is 30.4 Å². The molecule has 0 saturated carbocycles. The van der Waals surface area contributed by atoms with Crippen LogP contribution in [-0.2, 0) is 14.3 Å². The fourth-order valence-corrected chi connectivity index (χ4v) is 1.60. The molecule has 0 aromatic heterocycles. The number of carbonyl (C=O) groups is 2. The van der Waals surface area contributed by atoms with Gasteiger partial charge < -0.3 is 24.7 Å². The molecule has 0 radical (unpaired) electrons. The van der Waals surface area contributed by atoms with Crippen LogP contribution in [0.1, 0.15) is 10.4 Å². The number of benzene rings is 1. The summed E-state index contributed by atoms with van der Waals surface area (Å²) < 4.78 is 20.8. The molecule has 0 spiro atoms. The normalized spacial score (nSPS) is 9.65. The highest BCUT2D eigenvalue weighted by Gasteiger charge is 2.16. The average molecular weight is 349 g/mol. The first-order valence-electron chi connectivity index (χ1n) is 6.55. The predicted molar refractivity (Wildman–Crippen MR) is 86.4 cm³/mol. The maximum atomic E-state index is 11.8. The largest absolute Gasteiger partial charge is 0.487 e. The minimum Gasteiger partial charge on any atom is -0.487 e. The fourth-order valence-electron chi connectivity index (χ4n) is 1.60. The zero-order valence-corrected chi connectivity index (χ0v) is 13.8. The predicted octanol–water partition coefficient (Wildman–Crippen LogP) is 0.627. The molecular weight excluding hydrogens is 328 g/mol. The van der Waals surface area contributed by atoms with Crippen LogP contribution in [0.2, 0.25) is 0 Å². The van der Waals surface area contributed by atoms with Crippen LogP contribution in [0.25, 0.3) is 0 Å². The molecule has 0 atom stereocenters. The van der Waals surface area contributed by atoms with Crippen LogP contribution >= 0.6 is 12.4 Å². The number of ether oxygens (including phenoxy) is 4. The number of hydrogen-bond donors (Lipinski definition) is 2. The van der Waals surface area contributed by atoms with E-state index in [4.69, 9.17) is 24.7 Å². The fraction of sp³-hybridized carbons (Fsp3) is 0.429. The molecule has 1 aromatic carbocycles. The van der Waals surface area contributed by atoms with Crippen LogP contribution in [0, 0.1) is 0 Å². The van der Waals surface area contributed by atoms with E-state index in [1.807, 2.05) is 5.32 Å². The lowest BCUT2D eigenvalue weighted by Gasteiger charge is -2.15. The first kappa shape index (κ1) is 21.0. The van der Waals surface area contributed by atoms with E-state index in [-0.39, 0.29) is 36.7 Å². The Morgan fingerprint density at radius 1 is 1.09 bits per heavy atom. The second kappa shape index (κ2) is 11.5. The number of anilines is 1. The lowest BCUT2D eigenvalue weighted by molar-refractivity contribution is -0.108. The minimum absolute atomic E-state index is 0. The van der Waals surface area contributed by atoms with Gasteiger partial charge in [0.05, 0.1) is 18.8 Å². The Morgan fingerprint density at radius 3 is 2.09 bits per heavy atom. The molecule has 2 amide bonds. The summed E-state index contributed by atoms with van der Waals surface area (Å²) in [5.41, 5.74) is 6.11. The minimum atomic E-state index is -0.618. The Kier molecular flexibility index (Phi) is 10.5. The van der Waals surface area contributed by atoms with Crippen molar-refractivity contribution in [1.82, 2.24) is 5.32 Å². The van der Waals surface area contributed by atoms with Gasteiger partial charge in [0.15, 0.2) is 11.5 Å². The second-order valence-electron chi connectivity index (χ2n) is 4.16. The summed E-state index contributed by atoms with van der Waals surface area (Å²) in [6.07, 6.45) is 0.288. The summed E-state index contributed by atoms with van der Waals surface area (Å²) in [7, 11) is 3.10. The SMILES string of the molecule is COCCOc1cc(N)c(C(=O)NC=O)cc1OCCOC.Cl. The number of imide groups is 1. The number of methoxy groups -OCH3 is 2. The summed E-state index contributed by atoms with van der Waals surface area (Å²) in [6, 6.07) is 2.89. The summed E-state index contributed by atoms with van der Waals surface area (Å²) in [4.78, 5) is 22.1. The van der Waals surface area contributed by atoms with Gasteiger partial charge in [-0.3, -0.25) is 14.9 Å². The van der Waals surface area contributed by atoms with E-state index in [1.54, 1.807) is 14.2 Å². The van der Waals surface area contributed by atoms with E-state index in [0.717, 1.165) is 0 Å². The van der Waals surface area contributed by atoms with E-state index < -0.39 is 5.91 Å². The molecule has 0 aliphatic carbocycles. The number of hydrogen-bond acceptors (Lipinski definition) is 7. The molecule has 0 bridgehead atoms. The Bertz CT molecular complexity index is 512. The molecule has 3 N–H and O–H groups in total. The van der Waals surface area contributed by atoms with E-state index in [9.17, 15) is 9.59 Å². The number of carbonyl (C=O) groups excluding carboxylic acids is 2. The third-order valence-electron chi connectivity index (χ3n) is 2.64. The van der Waals surface area contributed by atoms with Crippen molar-refractivity contribution in [3.05, 3.63) is 17.7 Å². The molecule has 1 aromatic rings. The Balaban J connectivity index is 0.00000484. The first-order chi connectivity index (χ1) is 10.6. The van der Waals surface area contributed by atoms with Gasteiger partial charge in [-0.25, -0.2) is 0 Å². The molecule has 9 heteroatoms. The number of halogens is 1. The van der Waals surface area contributed by atoms with Crippen LogP contribution in [0.5, 0.6) is 11.5 Å². The van der Waals surface area contributed by atoms with Crippen LogP contribution in [0.15, 0.2) is 12.1 Å². The molecule has 0 aliphatic heterocycles. The molecule has 0 heterocycles. The van der Waals surface area contributed by atoms with Crippen LogP contribution in [0.3, 0.4) is 0 Å². The Hall–Kier alpha value is -2.03. The van der Waals surface area contributed by atoms with Crippen molar-refractivity contribution < 1.29 is 28.5 Å². The number of nitrogens with two attached hydrogens (primary N) is 1. The van der Waals surface area contributed by atoms with Gasteiger partial charge in [0, 0.05) is 26.0 Å². The van der Waals surface area contributed by atoms with E-state index in [0.29, 0.717) is 31.3 Å². The molecule has 0 aliphatic rings. The summed E-state index contributed by atoms with van der Waals surface area (Å²) >= 11 is 0. The standard InChI is InChI=1S/C14H20N2O6.ClH/c1-19-3-5-21-12-7-10(14(18)16-9-17)11(15)8-13(12)22-6-4-20-2;/h7-9H,3-6,15H2,1-2H3,(H,16,17,18);1H. The van der Waals surface area contributed by atoms with E-state index in [2.05, 4.69) is 0 Å². The van der Waals surface area contributed by atoms with Gasteiger partial charge in [0.1, 0.15) is 13.2 Å². The highest BCUT2D eigenvalue weighted by Crippen LogP contribution is 2.32. The topological polar surface area (TPSA) is 109 Å². The van der Waals surface area contributed by atoms with Crippen molar-refractivity contribution in [1.29, 1.82) is 0 Å². The third kappa shape index (κ3) is 6.72. The first-order valence-corrected chi connectivity index (χ1v) is 6.55. The quantitative estimate of drug-likeness (QED) is 0.362. The molecule has 130 valence electrons. The van der Waals surface area contributed by atoms with Crippen LogP contribution in [-0.4, -0.2) is 53.0 Å². The van der Waals surface area contributed by atoms with Gasteiger partial charge in [-0.15, -0.1) is 12.4 Å². The highest BCUT2D eigenvalue weighted by atomic mass is 35.5. The number of rotatable bonds is 10. The lowest BCUT2D eigenvalue weighted by atomic mass is 10.1. The Morgan fingerprint density at radius 2 is 1.61 bits per heavy atom.